The fraction of sp³-hybridized carbons (Fsp3) is 0.0909. The molecule has 0 aliphatic carbocycles. The third-order valence-corrected chi connectivity index (χ3v) is 3.86. The second kappa shape index (κ2) is 8.62. The first-order valence-corrected chi connectivity index (χ1v) is 8.38. The van der Waals surface area contributed by atoms with Gasteiger partial charge in [-0.25, -0.2) is 5.43 Å². The summed E-state index contributed by atoms with van der Waals surface area (Å²) in [6.45, 7) is 4.07. The van der Waals surface area contributed by atoms with Crippen molar-refractivity contribution in [1.82, 2.24) is 5.43 Å². The Morgan fingerprint density at radius 3 is 2.77 bits per heavy atom. The van der Waals surface area contributed by atoms with Crippen molar-refractivity contribution in [2.45, 2.75) is 6.42 Å². The predicted octanol–water partition coefficient (Wildman–Crippen LogP) is 4.10. The van der Waals surface area contributed by atoms with Crippen LogP contribution in [0.2, 0.25) is 0 Å². The van der Waals surface area contributed by atoms with Crippen molar-refractivity contribution in [3.05, 3.63) is 90.5 Å². The van der Waals surface area contributed by atoms with Crippen LogP contribution in [0.4, 0.5) is 0 Å². The molecular formula is C22H20N2O2. The molecule has 3 rings (SSSR count). The first kappa shape index (κ1) is 17.4. The van der Waals surface area contributed by atoms with E-state index >= 15 is 0 Å². The monoisotopic (exact) mass is 344 g/mol. The van der Waals surface area contributed by atoms with Crippen molar-refractivity contribution in [2.24, 2.45) is 5.10 Å². The number of nitrogens with zero attached hydrogens (tertiary/aromatic N) is 1. The van der Waals surface area contributed by atoms with Crippen LogP contribution >= 0.6 is 0 Å². The first-order valence-electron chi connectivity index (χ1n) is 8.38. The number of ether oxygens (including phenoxy) is 1. The van der Waals surface area contributed by atoms with Gasteiger partial charge in [-0.2, -0.15) is 5.10 Å². The van der Waals surface area contributed by atoms with Gasteiger partial charge in [0.25, 0.3) is 0 Å². The molecule has 3 aromatic carbocycles. The van der Waals surface area contributed by atoms with Crippen LogP contribution in [0.5, 0.6) is 5.75 Å². The highest BCUT2D eigenvalue weighted by atomic mass is 16.5. The SMILES string of the molecule is C=CCOc1cccc(/C=N\NC(=O)Cc2cccc3ccccc23)c1. The van der Waals surface area contributed by atoms with Gasteiger partial charge in [-0.05, 0) is 34.0 Å². The maximum absolute atomic E-state index is 12.2. The van der Waals surface area contributed by atoms with E-state index in [0.29, 0.717) is 6.61 Å². The Kier molecular flexibility index (Phi) is 5.78. The summed E-state index contributed by atoms with van der Waals surface area (Å²) in [5.41, 5.74) is 4.41. The average molecular weight is 344 g/mol. The van der Waals surface area contributed by atoms with Crippen molar-refractivity contribution in [2.75, 3.05) is 6.61 Å². The van der Waals surface area contributed by atoms with E-state index in [-0.39, 0.29) is 12.3 Å². The number of hydrogen-bond acceptors (Lipinski definition) is 3. The molecule has 4 nitrogen and oxygen atoms in total. The molecule has 0 saturated carbocycles. The second-order valence-electron chi connectivity index (χ2n) is 5.78. The van der Waals surface area contributed by atoms with Crippen LogP contribution in [-0.4, -0.2) is 18.7 Å². The van der Waals surface area contributed by atoms with Gasteiger partial charge in [0.2, 0.25) is 5.91 Å². The summed E-state index contributed by atoms with van der Waals surface area (Å²) in [6.07, 6.45) is 3.57. The van der Waals surface area contributed by atoms with E-state index in [2.05, 4.69) is 17.1 Å². The van der Waals surface area contributed by atoms with Crippen molar-refractivity contribution in [3.8, 4) is 5.75 Å². The molecule has 0 fully saturated rings. The summed E-state index contributed by atoms with van der Waals surface area (Å²) >= 11 is 0. The van der Waals surface area contributed by atoms with E-state index in [1.165, 1.54) is 0 Å². The van der Waals surface area contributed by atoms with Crippen LogP contribution in [-0.2, 0) is 11.2 Å². The van der Waals surface area contributed by atoms with Crippen LogP contribution in [0.15, 0.2) is 84.5 Å². The third kappa shape index (κ3) is 4.57. The fourth-order valence-corrected chi connectivity index (χ4v) is 2.68. The van der Waals surface area contributed by atoms with Gasteiger partial charge in [-0.15, -0.1) is 0 Å². The van der Waals surface area contributed by atoms with Crippen LogP contribution in [0.25, 0.3) is 10.8 Å². The minimum absolute atomic E-state index is 0.156. The van der Waals surface area contributed by atoms with Crippen molar-refractivity contribution < 1.29 is 9.53 Å². The minimum Gasteiger partial charge on any atom is -0.490 e. The standard InChI is InChI=1S/C22H20N2O2/c1-2-13-26-20-11-5-7-17(14-20)16-23-24-22(25)15-19-10-6-9-18-8-3-4-12-21(18)19/h2-12,14,16H,1,13,15H2,(H,24,25)/b23-16-. The van der Waals surface area contributed by atoms with Crippen molar-refractivity contribution in [1.29, 1.82) is 0 Å². The van der Waals surface area contributed by atoms with Gasteiger partial charge < -0.3 is 4.74 Å². The molecule has 0 heterocycles. The Balaban J connectivity index is 1.62. The van der Waals surface area contributed by atoms with Gasteiger partial charge in [-0.3, -0.25) is 4.79 Å². The summed E-state index contributed by atoms with van der Waals surface area (Å²) in [4.78, 5) is 12.2. The highest BCUT2D eigenvalue weighted by Crippen LogP contribution is 2.18. The number of carbonyl (C=O) groups is 1. The Bertz CT molecular complexity index is 942. The van der Waals surface area contributed by atoms with Gasteiger partial charge in [0.1, 0.15) is 12.4 Å². The van der Waals surface area contributed by atoms with E-state index in [0.717, 1.165) is 27.6 Å². The molecular weight excluding hydrogens is 324 g/mol. The number of carbonyl (C=O) groups excluding carboxylic acids is 1. The number of nitrogens with one attached hydrogen (secondary N) is 1. The van der Waals surface area contributed by atoms with Gasteiger partial charge in [0.15, 0.2) is 0 Å². The topological polar surface area (TPSA) is 50.7 Å². The van der Waals surface area contributed by atoms with Crippen LogP contribution in [0, 0.1) is 0 Å². The molecule has 0 saturated heterocycles. The molecule has 130 valence electrons. The molecule has 4 heteroatoms. The van der Waals surface area contributed by atoms with Gasteiger partial charge in [0.05, 0.1) is 12.6 Å². The predicted molar refractivity (Wildman–Crippen MR) is 106 cm³/mol. The number of hydrazone groups is 1. The number of hydrogen-bond donors (Lipinski definition) is 1. The maximum Gasteiger partial charge on any atom is 0.244 e. The lowest BCUT2D eigenvalue weighted by Gasteiger charge is -2.06. The van der Waals surface area contributed by atoms with Gasteiger partial charge in [0, 0.05) is 0 Å². The van der Waals surface area contributed by atoms with Gasteiger partial charge in [-0.1, -0.05) is 67.3 Å². The zero-order valence-electron chi connectivity index (χ0n) is 14.4. The van der Waals surface area contributed by atoms with Crippen molar-refractivity contribution in [3.63, 3.8) is 0 Å². The quantitative estimate of drug-likeness (QED) is 0.399. The Morgan fingerprint density at radius 2 is 1.88 bits per heavy atom. The lowest BCUT2D eigenvalue weighted by atomic mass is 10.0. The highest BCUT2D eigenvalue weighted by Gasteiger charge is 2.05. The molecule has 0 spiro atoms. The van der Waals surface area contributed by atoms with Crippen LogP contribution in [0.1, 0.15) is 11.1 Å². The summed E-state index contributed by atoms with van der Waals surface area (Å²) < 4.78 is 5.48. The molecule has 1 N–H and O–H groups in total. The largest absolute Gasteiger partial charge is 0.490 e. The van der Waals surface area contributed by atoms with E-state index in [1.807, 2.05) is 66.7 Å². The molecule has 0 unspecified atom stereocenters. The van der Waals surface area contributed by atoms with Crippen LogP contribution in [0.3, 0.4) is 0 Å². The molecule has 26 heavy (non-hydrogen) atoms. The molecule has 0 radical (unpaired) electrons. The molecule has 3 aromatic rings. The lowest BCUT2D eigenvalue weighted by molar-refractivity contribution is -0.120. The van der Waals surface area contributed by atoms with E-state index in [9.17, 15) is 4.79 Å². The third-order valence-electron chi connectivity index (χ3n) is 3.86. The molecule has 1 amide bonds. The minimum atomic E-state index is -0.156. The van der Waals surface area contributed by atoms with E-state index in [1.54, 1.807) is 12.3 Å². The Labute approximate surface area is 152 Å². The van der Waals surface area contributed by atoms with Crippen molar-refractivity contribution >= 4 is 22.9 Å². The summed E-state index contributed by atoms with van der Waals surface area (Å²) in [5, 5.41) is 6.25. The number of amides is 1. The normalized spacial score (nSPS) is 10.8. The van der Waals surface area contributed by atoms with Crippen LogP contribution < -0.4 is 10.2 Å². The number of benzene rings is 3. The zero-order chi connectivity index (χ0) is 18.2. The lowest BCUT2D eigenvalue weighted by Crippen LogP contribution is -2.19. The molecule has 0 aliphatic heterocycles. The molecule has 0 aliphatic rings. The molecule has 0 bridgehead atoms. The Morgan fingerprint density at radius 1 is 1.08 bits per heavy atom. The van der Waals surface area contributed by atoms with E-state index in [4.69, 9.17) is 4.74 Å². The average Bonchev–Trinajstić information content (AvgIpc) is 2.67. The fourth-order valence-electron chi connectivity index (χ4n) is 2.68. The summed E-state index contributed by atoms with van der Waals surface area (Å²) in [6, 6.07) is 21.5. The second-order valence-corrected chi connectivity index (χ2v) is 5.78. The van der Waals surface area contributed by atoms with E-state index < -0.39 is 0 Å². The molecule has 0 atom stereocenters. The Hall–Kier alpha value is -3.40. The summed E-state index contributed by atoms with van der Waals surface area (Å²) in [7, 11) is 0. The van der Waals surface area contributed by atoms with Gasteiger partial charge >= 0.3 is 0 Å². The number of rotatable bonds is 7. The maximum atomic E-state index is 12.2. The summed E-state index contributed by atoms with van der Waals surface area (Å²) in [5.74, 6) is 0.576. The first-order chi connectivity index (χ1) is 12.8. The highest BCUT2D eigenvalue weighted by molar-refractivity contribution is 5.90. The zero-order valence-corrected chi connectivity index (χ0v) is 14.4. The smallest absolute Gasteiger partial charge is 0.244 e. The number of fused-ring (bicyclic) bond motifs is 1. The molecule has 0 aromatic heterocycles.